The minimum atomic E-state index is -0.227. The number of rotatable bonds is 4. The van der Waals surface area contributed by atoms with Gasteiger partial charge in [-0.3, -0.25) is 4.99 Å². The molecule has 6 heteroatoms. The van der Waals surface area contributed by atoms with Gasteiger partial charge in [0.15, 0.2) is 5.96 Å². The van der Waals surface area contributed by atoms with Crippen molar-refractivity contribution in [3.05, 3.63) is 65.5 Å². The molecule has 26 heavy (non-hydrogen) atoms. The molecule has 1 heterocycles. The van der Waals surface area contributed by atoms with Crippen molar-refractivity contribution in [2.75, 3.05) is 25.1 Å². The molecule has 2 aromatic rings. The van der Waals surface area contributed by atoms with Gasteiger partial charge in [0.25, 0.3) is 0 Å². The van der Waals surface area contributed by atoms with Gasteiger partial charge in [0.2, 0.25) is 0 Å². The van der Waals surface area contributed by atoms with E-state index >= 15 is 0 Å². The second kappa shape index (κ2) is 9.32. The maximum Gasteiger partial charge on any atom is 0.193 e. The summed E-state index contributed by atoms with van der Waals surface area (Å²) in [4.78, 5) is 4.58. The predicted octanol–water partition coefficient (Wildman–Crippen LogP) is 4.23. The van der Waals surface area contributed by atoms with Gasteiger partial charge in [0, 0.05) is 24.3 Å². The number of hydrogen-bond acceptors (Lipinski definition) is 2. The SMILES string of the molecule is Cc1cccc(NC(N)=NCC2(c3ccc(F)cc3)CCOCC2)c1.I. The normalized spacial score (nSPS) is 16.6. The van der Waals surface area contributed by atoms with Crippen LogP contribution in [-0.2, 0) is 10.2 Å². The van der Waals surface area contributed by atoms with Gasteiger partial charge in [-0.25, -0.2) is 4.39 Å². The van der Waals surface area contributed by atoms with E-state index in [1.807, 2.05) is 43.3 Å². The molecule has 0 amide bonds. The Morgan fingerprint density at radius 3 is 2.54 bits per heavy atom. The number of nitrogens with one attached hydrogen (secondary N) is 1. The maximum absolute atomic E-state index is 13.3. The summed E-state index contributed by atoms with van der Waals surface area (Å²) in [5, 5.41) is 3.14. The minimum absolute atomic E-state index is 0. The van der Waals surface area contributed by atoms with Crippen molar-refractivity contribution in [2.45, 2.75) is 25.2 Å². The highest BCUT2D eigenvalue weighted by molar-refractivity contribution is 14.0. The molecular weight excluding hydrogens is 444 g/mol. The fourth-order valence-corrected chi connectivity index (χ4v) is 3.25. The molecule has 0 bridgehead atoms. The summed E-state index contributed by atoms with van der Waals surface area (Å²) in [6.07, 6.45) is 1.69. The molecule has 0 aliphatic carbocycles. The summed E-state index contributed by atoms with van der Waals surface area (Å²) >= 11 is 0. The van der Waals surface area contributed by atoms with Gasteiger partial charge >= 0.3 is 0 Å². The van der Waals surface area contributed by atoms with E-state index in [0.29, 0.717) is 25.7 Å². The summed E-state index contributed by atoms with van der Waals surface area (Å²) in [5.74, 6) is 0.161. The molecule has 0 unspecified atom stereocenters. The van der Waals surface area contributed by atoms with Crippen LogP contribution in [0.5, 0.6) is 0 Å². The van der Waals surface area contributed by atoms with E-state index in [2.05, 4.69) is 10.3 Å². The van der Waals surface area contributed by atoms with Crippen LogP contribution >= 0.6 is 24.0 Å². The molecule has 3 N–H and O–H groups in total. The fourth-order valence-electron chi connectivity index (χ4n) is 3.25. The van der Waals surface area contributed by atoms with Crippen LogP contribution in [0.15, 0.2) is 53.5 Å². The van der Waals surface area contributed by atoms with Crippen molar-refractivity contribution in [1.29, 1.82) is 0 Å². The molecule has 3 rings (SSSR count). The van der Waals surface area contributed by atoms with Crippen molar-refractivity contribution in [2.24, 2.45) is 10.7 Å². The number of nitrogens with zero attached hydrogens (tertiary/aromatic N) is 1. The van der Waals surface area contributed by atoms with Gasteiger partial charge in [-0.15, -0.1) is 24.0 Å². The van der Waals surface area contributed by atoms with Crippen LogP contribution in [0.4, 0.5) is 10.1 Å². The molecule has 0 radical (unpaired) electrons. The first-order chi connectivity index (χ1) is 12.1. The Hall–Kier alpha value is -1.67. The van der Waals surface area contributed by atoms with Crippen LogP contribution in [0, 0.1) is 12.7 Å². The second-order valence-electron chi connectivity index (χ2n) is 6.60. The van der Waals surface area contributed by atoms with Crippen LogP contribution < -0.4 is 11.1 Å². The van der Waals surface area contributed by atoms with E-state index in [4.69, 9.17) is 10.5 Å². The molecule has 0 atom stereocenters. The highest BCUT2D eigenvalue weighted by Gasteiger charge is 2.34. The van der Waals surface area contributed by atoms with Crippen molar-refractivity contribution in [3.8, 4) is 0 Å². The number of halogens is 2. The van der Waals surface area contributed by atoms with E-state index in [9.17, 15) is 4.39 Å². The standard InChI is InChI=1S/C20H24FN3O.HI/c1-15-3-2-4-18(13-15)24-19(22)23-14-20(9-11-25-12-10-20)16-5-7-17(21)8-6-16;/h2-8,13H,9-12,14H2,1H3,(H3,22,23,24);1H. The second-order valence-corrected chi connectivity index (χ2v) is 6.60. The molecule has 4 nitrogen and oxygen atoms in total. The van der Waals surface area contributed by atoms with Gasteiger partial charge in [-0.05, 0) is 55.2 Å². The van der Waals surface area contributed by atoms with Crippen molar-refractivity contribution < 1.29 is 9.13 Å². The molecule has 0 saturated carbocycles. The van der Waals surface area contributed by atoms with E-state index in [1.165, 1.54) is 12.1 Å². The lowest BCUT2D eigenvalue weighted by Gasteiger charge is -2.36. The maximum atomic E-state index is 13.3. The number of benzene rings is 2. The van der Waals surface area contributed by atoms with Crippen molar-refractivity contribution >= 4 is 35.6 Å². The average molecular weight is 469 g/mol. The molecule has 1 aliphatic heterocycles. The van der Waals surface area contributed by atoms with Crippen LogP contribution in [0.25, 0.3) is 0 Å². The monoisotopic (exact) mass is 469 g/mol. The average Bonchev–Trinajstić information content (AvgIpc) is 2.61. The molecule has 0 aromatic heterocycles. The molecule has 0 spiro atoms. The third-order valence-corrected chi connectivity index (χ3v) is 4.75. The molecule has 2 aromatic carbocycles. The quantitative estimate of drug-likeness (QED) is 0.401. The summed E-state index contributed by atoms with van der Waals surface area (Å²) in [6, 6.07) is 14.7. The third kappa shape index (κ3) is 5.17. The molecule has 1 aliphatic rings. The Morgan fingerprint density at radius 2 is 1.88 bits per heavy atom. The Labute approximate surface area is 171 Å². The zero-order valence-electron chi connectivity index (χ0n) is 14.9. The molecule has 1 fully saturated rings. The van der Waals surface area contributed by atoms with Crippen LogP contribution in [-0.4, -0.2) is 25.7 Å². The number of nitrogens with two attached hydrogens (primary N) is 1. The van der Waals surface area contributed by atoms with Gasteiger partial charge < -0.3 is 15.8 Å². The zero-order valence-corrected chi connectivity index (χ0v) is 17.2. The van der Waals surface area contributed by atoms with Crippen LogP contribution in [0.2, 0.25) is 0 Å². The summed E-state index contributed by atoms with van der Waals surface area (Å²) in [5.41, 5.74) is 9.09. The van der Waals surface area contributed by atoms with Crippen LogP contribution in [0.1, 0.15) is 24.0 Å². The predicted molar refractivity (Wildman–Crippen MR) is 115 cm³/mol. The Bertz CT molecular complexity index is 743. The molecule has 1 saturated heterocycles. The van der Waals surface area contributed by atoms with Crippen molar-refractivity contribution in [1.82, 2.24) is 0 Å². The van der Waals surface area contributed by atoms with Crippen molar-refractivity contribution in [3.63, 3.8) is 0 Å². The Balaban J connectivity index is 0.00000243. The number of hydrogen-bond donors (Lipinski definition) is 2. The number of guanidine groups is 1. The lowest BCUT2D eigenvalue weighted by Crippen LogP contribution is -2.38. The molecule has 140 valence electrons. The van der Waals surface area contributed by atoms with E-state index in [-0.39, 0.29) is 35.2 Å². The first-order valence-corrected chi connectivity index (χ1v) is 8.55. The van der Waals surface area contributed by atoms with Gasteiger partial charge in [0.1, 0.15) is 5.82 Å². The fraction of sp³-hybridized carbons (Fsp3) is 0.350. The smallest absolute Gasteiger partial charge is 0.193 e. The van der Waals surface area contributed by atoms with Gasteiger partial charge in [-0.2, -0.15) is 0 Å². The highest BCUT2D eigenvalue weighted by Crippen LogP contribution is 2.35. The van der Waals surface area contributed by atoms with Gasteiger partial charge in [0.05, 0.1) is 6.54 Å². The first-order valence-electron chi connectivity index (χ1n) is 8.55. The van der Waals surface area contributed by atoms with E-state index in [0.717, 1.165) is 29.7 Å². The minimum Gasteiger partial charge on any atom is -0.381 e. The highest BCUT2D eigenvalue weighted by atomic mass is 127. The largest absolute Gasteiger partial charge is 0.381 e. The first kappa shape index (κ1) is 20.6. The third-order valence-electron chi connectivity index (χ3n) is 4.75. The lowest BCUT2D eigenvalue weighted by molar-refractivity contribution is 0.0531. The van der Waals surface area contributed by atoms with Gasteiger partial charge in [-0.1, -0.05) is 24.3 Å². The Morgan fingerprint density at radius 1 is 1.19 bits per heavy atom. The summed E-state index contributed by atoms with van der Waals surface area (Å²) in [7, 11) is 0. The van der Waals surface area contributed by atoms with E-state index in [1.54, 1.807) is 0 Å². The Kier molecular flexibility index (Phi) is 7.40. The summed E-state index contributed by atoms with van der Waals surface area (Å²) < 4.78 is 18.8. The number of aryl methyl sites for hydroxylation is 1. The topological polar surface area (TPSA) is 59.6 Å². The number of anilines is 1. The lowest BCUT2D eigenvalue weighted by atomic mass is 9.74. The van der Waals surface area contributed by atoms with Crippen LogP contribution in [0.3, 0.4) is 0 Å². The number of ether oxygens (including phenoxy) is 1. The zero-order chi connectivity index (χ0) is 17.7. The number of aliphatic imine (C=N–C) groups is 1. The van der Waals surface area contributed by atoms with E-state index < -0.39 is 0 Å². The summed E-state index contributed by atoms with van der Waals surface area (Å²) in [6.45, 7) is 3.94. The molecular formula is C20H25FIN3O.